The van der Waals surface area contributed by atoms with Gasteiger partial charge in [-0.2, -0.15) is 0 Å². The molecule has 0 aromatic heterocycles. The van der Waals surface area contributed by atoms with Gasteiger partial charge in [-0.1, -0.05) is 13.8 Å². The monoisotopic (exact) mass is 410 g/mol. The van der Waals surface area contributed by atoms with Crippen LogP contribution >= 0.6 is 0 Å². The predicted octanol–water partition coefficient (Wildman–Crippen LogP) is 2.95. The summed E-state index contributed by atoms with van der Waals surface area (Å²) >= 11 is 0. The summed E-state index contributed by atoms with van der Waals surface area (Å²) in [6, 6.07) is 0. The first-order valence-corrected chi connectivity index (χ1v) is 11.3. The second kappa shape index (κ2) is 7.47. The van der Waals surface area contributed by atoms with E-state index in [1.165, 1.54) is 6.92 Å². The molecule has 0 unspecified atom stereocenters. The highest BCUT2D eigenvalue weighted by atomic mass is 16.6. The minimum Gasteiger partial charge on any atom is -0.462 e. The number of hydrogen-bond donors (Lipinski definition) is 1. The van der Waals surface area contributed by atoms with Crippen molar-refractivity contribution in [2.45, 2.75) is 95.9 Å². The van der Waals surface area contributed by atoms with Crippen molar-refractivity contribution in [2.24, 2.45) is 29.6 Å². The van der Waals surface area contributed by atoms with E-state index in [0.29, 0.717) is 24.9 Å². The third kappa shape index (κ3) is 3.54. The van der Waals surface area contributed by atoms with Gasteiger partial charge in [0.05, 0.1) is 36.1 Å². The van der Waals surface area contributed by atoms with E-state index in [4.69, 9.17) is 18.9 Å². The molecular weight excluding hydrogens is 372 g/mol. The molecular formula is C23H38O6. The van der Waals surface area contributed by atoms with Crippen molar-refractivity contribution >= 4 is 5.97 Å². The Bertz CT molecular complexity index is 635. The number of ether oxygens (including phenoxy) is 4. The first-order chi connectivity index (χ1) is 13.6. The Morgan fingerprint density at radius 3 is 2.55 bits per heavy atom. The second-order valence-electron chi connectivity index (χ2n) is 10.6. The molecule has 1 N–H and O–H groups in total. The van der Waals surface area contributed by atoms with Gasteiger partial charge in [-0.15, -0.1) is 0 Å². The zero-order valence-electron chi connectivity index (χ0n) is 18.7. The number of carbonyl (C=O) groups is 1. The van der Waals surface area contributed by atoms with Crippen molar-refractivity contribution in [3.63, 3.8) is 0 Å². The summed E-state index contributed by atoms with van der Waals surface area (Å²) < 4.78 is 24.9. The molecule has 166 valence electrons. The fraction of sp³-hybridized carbons (Fsp3) is 0.957. The number of methoxy groups -OCH3 is 1. The summed E-state index contributed by atoms with van der Waals surface area (Å²) in [7, 11) is 1.66. The first kappa shape index (κ1) is 21.5. The van der Waals surface area contributed by atoms with Crippen molar-refractivity contribution in [3.8, 4) is 0 Å². The smallest absolute Gasteiger partial charge is 0.302 e. The number of hydrogen-bond acceptors (Lipinski definition) is 6. The molecule has 0 spiro atoms. The summed E-state index contributed by atoms with van der Waals surface area (Å²) in [6.45, 7) is 10.7. The Morgan fingerprint density at radius 1 is 1.17 bits per heavy atom. The van der Waals surface area contributed by atoms with E-state index in [-0.39, 0.29) is 48.1 Å². The van der Waals surface area contributed by atoms with Gasteiger partial charge in [0, 0.05) is 26.4 Å². The number of fused-ring (bicyclic) bond motifs is 2. The average Bonchev–Trinajstić information content (AvgIpc) is 2.97. The maximum atomic E-state index is 12.0. The van der Waals surface area contributed by atoms with Gasteiger partial charge in [-0.05, 0) is 56.8 Å². The van der Waals surface area contributed by atoms with Gasteiger partial charge in [-0.25, -0.2) is 0 Å². The molecule has 1 saturated carbocycles. The van der Waals surface area contributed by atoms with Gasteiger partial charge >= 0.3 is 5.97 Å². The Morgan fingerprint density at radius 2 is 1.90 bits per heavy atom. The SMILES string of the molecule is CO[C@@H]1CC[C@]2(C)OC[C@H](C)[C@@H]3C[C@@H](C)[C@@H](OC(C)=O)[C@@H]4[C@H]3[C@@H]2O[C@H]4C[C@@]1(C)O. The molecule has 0 aromatic carbocycles. The van der Waals surface area contributed by atoms with E-state index in [9.17, 15) is 9.90 Å². The third-order valence-electron chi connectivity index (χ3n) is 8.43. The lowest BCUT2D eigenvalue weighted by Crippen LogP contribution is -2.54. The molecule has 6 nitrogen and oxygen atoms in total. The minimum absolute atomic E-state index is 0.0515. The predicted molar refractivity (Wildman–Crippen MR) is 107 cm³/mol. The Hall–Kier alpha value is -0.690. The van der Waals surface area contributed by atoms with Crippen molar-refractivity contribution in [1.82, 2.24) is 0 Å². The van der Waals surface area contributed by atoms with Crippen molar-refractivity contribution in [3.05, 3.63) is 0 Å². The molecule has 2 bridgehead atoms. The highest BCUT2D eigenvalue weighted by Crippen LogP contribution is 2.58. The lowest BCUT2D eigenvalue weighted by Gasteiger charge is -2.47. The van der Waals surface area contributed by atoms with Crippen LogP contribution in [0.2, 0.25) is 0 Å². The summed E-state index contributed by atoms with van der Waals surface area (Å²) in [6.07, 6.45) is 2.29. The molecule has 3 heterocycles. The third-order valence-corrected chi connectivity index (χ3v) is 8.43. The summed E-state index contributed by atoms with van der Waals surface area (Å²) in [5, 5.41) is 11.3. The number of carbonyl (C=O) groups excluding carboxylic acids is 1. The van der Waals surface area contributed by atoms with Gasteiger partial charge in [-0.3, -0.25) is 4.79 Å². The Kier molecular flexibility index (Phi) is 5.55. The molecule has 4 fully saturated rings. The van der Waals surface area contributed by atoms with Crippen LogP contribution in [0.4, 0.5) is 0 Å². The molecule has 1 aliphatic carbocycles. The Labute approximate surface area is 174 Å². The second-order valence-corrected chi connectivity index (χ2v) is 10.6. The number of rotatable bonds is 2. The molecule has 0 radical (unpaired) electrons. The largest absolute Gasteiger partial charge is 0.462 e. The van der Waals surface area contributed by atoms with E-state index in [1.54, 1.807) is 7.11 Å². The number of esters is 1. The van der Waals surface area contributed by atoms with Crippen LogP contribution < -0.4 is 0 Å². The molecule has 6 heteroatoms. The lowest BCUT2D eigenvalue weighted by atomic mass is 9.59. The normalized spacial score (nSPS) is 54.7. The quantitative estimate of drug-likeness (QED) is 0.706. The molecule has 0 aromatic rings. The van der Waals surface area contributed by atoms with Gasteiger partial charge in [0.15, 0.2) is 0 Å². The lowest BCUT2D eigenvalue weighted by molar-refractivity contribution is -0.163. The van der Waals surface area contributed by atoms with Crippen molar-refractivity contribution in [2.75, 3.05) is 13.7 Å². The highest BCUT2D eigenvalue weighted by Gasteiger charge is 2.64. The van der Waals surface area contributed by atoms with Gasteiger partial charge < -0.3 is 24.1 Å². The number of aliphatic hydroxyl groups is 1. The fourth-order valence-electron chi connectivity index (χ4n) is 6.97. The zero-order valence-corrected chi connectivity index (χ0v) is 18.7. The van der Waals surface area contributed by atoms with Crippen LogP contribution in [0, 0.1) is 29.6 Å². The van der Waals surface area contributed by atoms with Gasteiger partial charge in [0.1, 0.15) is 6.10 Å². The van der Waals surface area contributed by atoms with E-state index in [2.05, 4.69) is 20.8 Å². The van der Waals surface area contributed by atoms with E-state index >= 15 is 0 Å². The maximum absolute atomic E-state index is 12.0. The molecule has 4 rings (SSSR count). The minimum atomic E-state index is -1.01. The van der Waals surface area contributed by atoms with Gasteiger partial charge in [0.2, 0.25) is 0 Å². The van der Waals surface area contributed by atoms with Crippen LogP contribution in [0.15, 0.2) is 0 Å². The van der Waals surface area contributed by atoms with Crippen LogP contribution in [0.25, 0.3) is 0 Å². The summed E-state index contributed by atoms with van der Waals surface area (Å²) in [5.41, 5.74) is -1.44. The zero-order chi connectivity index (χ0) is 21.1. The van der Waals surface area contributed by atoms with E-state index < -0.39 is 11.2 Å². The first-order valence-electron chi connectivity index (χ1n) is 11.3. The van der Waals surface area contributed by atoms with E-state index in [1.807, 2.05) is 6.92 Å². The average molecular weight is 411 g/mol. The highest BCUT2D eigenvalue weighted by molar-refractivity contribution is 5.66. The summed E-state index contributed by atoms with van der Waals surface area (Å²) in [5.74, 6) is 1.27. The van der Waals surface area contributed by atoms with Crippen LogP contribution in [0.1, 0.15) is 60.3 Å². The Balaban J connectivity index is 1.80. The van der Waals surface area contributed by atoms with Crippen LogP contribution in [-0.2, 0) is 23.7 Å². The topological polar surface area (TPSA) is 74.2 Å². The standard InChI is InChI=1S/C23H38O6/c1-12-9-15-13(2)11-27-23(5)8-7-17(26-6)22(4,25)10-16-19(18(15)21(23)29-16)20(12)28-14(3)24/h12-13,15-21,25H,7-11H2,1-6H3/t12-,13+,15+,16+,17-,18+,19+,20-,21+,22-,23+/m1/s1. The van der Waals surface area contributed by atoms with Crippen LogP contribution in [-0.4, -0.2) is 60.4 Å². The maximum Gasteiger partial charge on any atom is 0.302 e. The van der Waals surface area contributed by atoms with Crippen molar-refractivity contribution < 1.29 is 28.8 Å². The molecule has 0 amide bonds. The molecule has 3 saturated heterocycles. The summed E-state index contributed by atoms with van der Waals surface area (Å²) in [4.78, 5) is 12.0. The van der Waals surface area contributed by atoms with Crippen LogP contribution in [0.5, 0.6) is 0 Å². The van der Waals surface area contributed by atoms with Gasteiger partial charge in [0.25, 0.3) is 0 Å². The van der Waals surface area contributed by atoms with Crippen LogP contribution in [0.3, 0.4) is 0 Å². The molecule has 4 aliphatic rings. The molecule has 11 atom stereocenters. The fourth-order valence-corrected chi connectivity index (χ4v) is 6.97. The van der Waals surface area contributed by atoms with Crippen molar-refractivity contribution in [1.29, 1.82) is 0 Å². The molecule has 29 heavy (non-hydrogen) atoms. The molecule has 3 aliphatic heterocycles. The van der Waals surface area contributed by atoms with E-state index in [0.717, 1.165) is 19.3 Å².